The molecule has 0 radical (unpaired) electrons. The third-order valence-corrected chi connectivity index (χ3v) is 2.94. The van der Waals surface area contributed by atoms with Crippen LogP contribution in [-0.2, 0) is 6.54 Å². The van der Waals surface area contributed by atoms with Gasteiger partial charge in [-0.3, -0.25) is 0 Å². The highest BCUT2D eigenvalue weighted by Crippen LogP contribution is 2.26. The number of nitrogens with one attached hydrogen (secondary N) is 1. The van der Waals surface area contributed by atoms with Gasteiger partial charge in [0.2, 0.25) is 0 Å². The van der Waals surface area contributed by atoms with Gasteiger partial charge in [0.25, 0.3) is 0 Å². The van der Waals surface area contributed by atoms with Crippen molar-refractivity contribution in [3.63, 3.8) is 0 Å². The van der Waals surface area contributed by atoms with Crippen molar-refractivity contribution >= 4 is 0 Å². The number of hydrogen-bond donors (Lipinski definition) is 1. The maximum absolute atomic E-state index is 13.8. The average Bonchev–Trinajstić information content (AvgIpc) is 2.41. The third-order valence-electron chi connectivity index (χ3n) is 2.94. The van der Waals surface area contributed by atoms with Gasteiger partial charge in [0.1, 0.15) is 11.6 Å². The maximum atomic E-state index is 13.8. The van der Waals surface area contributed by atoms with Gasteiger partial charge in [-0.15, -0.1) is 0 Å². The van der Waals surface area contributed by atoms with E-state index in [1.54, 1.807) is 0 Å². The highest BCUT2D eigenvalue weighted by molar-refractivity contribution is 5.64. The predicted octanol–water partition coefficient (Wildman–Crippen LogP) is 4.02. The monoisotopic (exact) mass is 283 g/mol. The molecule has 1 N–H and O–H groups in total. The van der Waals surface area contributed by atoms with Crippen LogP contribution in [0.1, 0.15) is 12.5 Å². The zero-order valence-corrected chi connectivity index (χ0v) is 10.8. The molecule has 0 heterocycles. The van der Waals surface area contributed by atoms with Gasteiger partial charge in [-0.2, -0.15) is 0 Å². The first kappa shape index (κ1) is 14.5. The van der Waals surface area contributed by atoms with Crippen LogP contribution in [0.2, 0.25) is 0 Å². The van der Waals surface area contributed by atoms with Crippen molar-refractivity contribution in [1.82, 2.24) is 5.32 Å². The fourth-order valence-corrected chi connectivity index (χ4v) is 1.86. The van der Waals surface area contributed by atoms with Crippen molar-refractivity contribution in [1.29, 1.82) is 0 Å². The molecular weight excluding hydrogens is 270 g/mol. The molecule has 1 nitrogen and oxygen atoms in total. The predicted molar refractivity (Wildman–Crippen MR) is 69.1 cm³/mol. The molecule has 0 spiro atoms. The normalized spacial score (nSPS) is 10.8. The molecule has 0 aliphatic heterocycles. The van der Waals surface area contributed by atoms with Crippen LogP contribution in [0.25, 0.3) is 11.1 Å². The number of benzene rings is 2. The second-order valence-corrected chi connectivity index (χ2v) is 4.33. The van der Waals surface area contributed by atoms with Crippen LogP contribution in [0.5, 0.6) is 0 Å². The van der Waals surface area contributed by atoms with E-state index < -0.39 is 23.3 Å². The van der Waals surface area contributed by atoms with Crippen LogP contribution >= 0.6 is 0 Å². The molecule has 2 aromatic carbocycles. The van der Waals surface area contributed by atoms with Gasteiger partial charge < -0.3 is 5.32 Å². The summed E-state index contributed by atoms with van der Waals surface area (Å²) in [7, 11) is 0. The van der Waals surface area contributed by atoms with Crippen molar-refractivity contribution in [2.75, 3.05) is 6.54 Å². The van der Waals surface area contributed by atoms with Crippen molar-refractivity contribution in [3.8, 4) is 11.1 Å². The second kappa shape index (κ2) is 6.05. The van der Waals surface area contributed by atoms with Gasteiger partial charge in [0, 0.05) is 23.7 Å². The first-order valence-corrected chi connectivity index (χ1v) is 6.17. The molecule has 0 aliphatic carbocycles. The molecule has 0 amide bonds. The van der Waals surface area contributed by atoms with Crippen LogP contribution in [0, 0.1) is 23.3 Å². The largest absolute Gasteiger partial charge is 0.313 e. The van der Waals surface area contributed by atoms with Gasteiger partial charge in [-0.05, 0) is 24.2 Å². The number of halogens is 4. The fraction of sp³-hybridized carbons (Fsp3) is 0.200. The molecule has 0 atom stereocenters. The lowest BCUT2D eigenvalue weighted by Crippen LogP contribution is -2.12. The first-order valence-electron chi connectivity index (χ1n) is 6.17. The summed E-state index contributed by atoms with van der Waals surface area (Å²) >= 11 is 0. The Balaban J connectivity index is 2.39. The Hall–Kier alpha value is -1.88. The van der Waals surface area contributed by atoms with Crippen LogP contribution in [0.4, 0.5) is 17.6 Å². The summed E-state index contributed by atoms with van der Waals surface area (Å²) < 4.78 is 53.5. The lowest BCUT2D eigenvalue weighted by atomic mass is 10.0. The SMILES string of the molecule is CCNCc1ccc(-c2cc(F)c(F)cc2F)cc1F. The lowest BCUT2D eigenvalue weighted by molar-refractivity contribution is 0.496. The van der Waals surface area contributed by atoms with Crippen LogP contribution in [0.15, 0.2) is 30.3 Å². The number of rotatable bonds is 4. The Kier molecular flexibility index (Phi) is 4.39. The summed E-state index contributed by atoms with van der Waals surface area (Å²) in [6.07, 6.45) is 0. The van der Waals surface area contributed by atoms with E-state index in [1.165, 1.54) is 12.1 Å². The summed E-state index contributed by atoms with van der Waals surface area (Å²) in [6.45, 7) is 2.94. The van der Waals surface area contributed by atoms with Gasteiger partial charge in [0.15, 0.2) is 11.6 Å². The molecule has 106 valence electrons. The van der Waals surface area contributed by atoms with Crippen LogP contribution < -0.4 is 5.32 Å². The van der Waals surface area contributed by atoms with Gasteiger partial charge >= 0.3 is 0 Å². The molecule has 0 unspecified atom stereocenters. The van der Waals surface area contributed by atoms with Crippen LogP contribution in [-0.4, -0.2) is 6.54 Å². The Labute approximate surface area is 114 Å². The topological polar surface area (TPSA) is 12.0 Å². The molecule has 2 aromatic rings. The van der Waals surface area contributed by atoms with Gasteiger partial charge in [0.05, 0.1) is 0 Å². The van der Waals surface area contributed by atoms with E-state index >= 15 is 0 Å². The Morgan fingerprint density at radius 3 is 2.20 bits per heavy atom. The van der Waals surface area contributed by atoms with E-state index in [0.29, 0.717) is 24.7 Å². The van der Waals surface area contributed by atoms with E-state index in [-0.39, 0.29) is 11.1 Å². The number of hydrogen-bond acceptors (Lipinski definition) is 1. The minimum absolute atomic E-state index is 0.166. The maximum Gasteiger partial charge on any atom is 0.161 e. The summed E-state index contributed by atoms with van der Waals surface area (Å²) in [5.74, 6) is -3.88. The average molecular weight is 283 g/mol. The standard InChI is InChI=1S/C15H13F4N/c1-2-20-8-10-4-3-9(5-12(10)16)11-6-14(18)15(19)7-13(11)17/h3-7,20H,2,8H2,1H3. The zero-order valence-electron chi connectivity index (χ0n) is 10.8. The Morgan fingerprint density at radius 1 is 0.850 bits per heavy atom. The smallest absolute Gasteiger partial charge is 0.161 e. The molecule has 0 aromatic heterocycles. The molecular formula is C15H13F4N. The van der Waals surface area contributed by atoms with E-state index in [4.69, 9.17) is 0 Å². The molecule has 0 aliphatic rings. The second-order valence-electron chi connectivity index (χ2n) is 4.33. The van der Waals surface area contributed by atoms with Crippen molar-refractivity contribution in [3.05, 3.63) is 59.2 Å². The van der Waals surface area contributed by atoms with Crippen molar-refractivity contribution in [2.24, 2.45) is 0 Å². The first-order chi connectivity index (χ1) is 9.52. The summed E-state index contributed by atoms with van der Waals surface area (Å²) in [4.78, 5) is 0. The highest BCUT2D eigenvalue weighted by atomic mass is 19.2. The minimum atomic E-state index is -1.27. The third kappa shape index (κ3) is 2.99. The molecule has 5 heteroatoms. The Bertz CT molecular complexity index is 626. The van der Waals surface area contributed by atoms with E-state index in [0.717, 1.165) is 12.1 Å². The van der Waals surface area contributed by atoms with Gasteiger partial charge in [-0.25, -0.2) is 17.6 Å². The highest BCUT2D eigenvalue weighted by Gasteiger charge is 2.13. The van der Waals surface area contributed by atoms with Crippen LogP contribution in [0.3, 0.4) is 0 Å². The fourth-order valence-electron chi connectivity index (χ4n) is 1.86. The molecule has 0 saturated heterocycles. The molecule has 2 rings (SSSR count). The summed E-state index contributed by atoms with van der Waals surface area (Å²) in [5, 5.41) is 2.97. The van der Waals surface area contributed by atoms with Crippen molar-refractivity contribution < 1.29 is 17.6 Å². The van der Waals surface area contributed by atoms with Crippen molar-refractivity contribution in [2.45, 2.75) is 13.5 Å². The summed E-state index contributed by atoms with van der Waals surface area (Å²) in [6, 6.07) is 5.26. The minimum Gasteiger partial charge on any atom is -0.313 e. The Morgan fingerprint density at radius 2 is 1.55 bits per heavy atom. The zero-order chi connectivity index (χ0) is 14.7. The molecule has 0 fully saturated rings. The molecule has 0 bridgehead atoms. The quantitative estimate of drug-likeness (QED) is 0.660. The lowest BCUT2D eigenvalue weighted by Gasteiger charge is -2.08. The molecule has 0 saturated carbocycles. The molecule has 20 heavy (non-hydrogen) atoms. The van der Waals surface area contributed by atoms with E-state index in [1.807, 2.05) is 6.92 Å². The van der Waals surface area contributed by atoms with E-state index in [9.17, 15) is 17.6 Å². The van der Waals surface area contributed by atoms with Gasteiger partial charge in [-0.1, -0.05) is 19.1 Å². The van der Waals surface area contributed by atoms with E-state index in [2.05, 4.69) is 5.32 Å². The summed E-state index contributed by atoms with van der Waals surface area (Å²) in [5.41, 5.74) is 0.426.